The third kappa shape index (κ3) is 4.66. The minimum Gasteiger partial charge on any atom is -0.399 e. The highest BCUT2D eigenvalue weighted by Gasteiger charge is 2.26. The van der Waals surface area contributed by atoms with Gasteiger partial charge in [0, 0.05) is 11.1 Å². The topological polar surface area (TPSA) is 98.0 Å². The fourth-order valence-corrected chi connectivity index (χ4v) is 6.04. The van der Waals surface area contributed by atoms with Gasteiger partial charge in [-0.15, -0.1) is 0 Å². The number of rotatable bonds is 4. The average Bonchev–Trinajstić information content (AvgIpc) is 2.67. The highest BCUT2D eigenvalue weighted by Crippen LogP contribution is 2.35. The minimum absolute atomic E-state index is 0.0178. The molecular formula is C24H30N4O2S. The van der Waals surface area contributed by atoms with Gasteiger partial charge in [0.2, 0.25) is 0 Å². The van der Waals surface area contributed by atoms with Crippen molar-refractivity contribution in [2.45, 2.75) is 52.5 Å². The van der Waals surface area contributed by atoms with E-state index in [1.165, 1.54) is 5.56 Å². The van der Waals surface area contributed by atoms with E-state index in [-0.39, 0.29) is 23.5 Å². The number of anilines is 2. The highest BCUT2D eigenvalue weighted by molar-refractivity contribution is 7.91. The van der Waals surface area contributed by atoms with Gasteiger partial charge in [0.05, 0.1) is 23.1 Å². The number of fused-ring (bicyclic) bond motifs is 1. The van der Waals surface area contributed by atoms with E-state index >= 15 is 0 Å². The standard InChI is InChI=1S/C24H30N4O2S/c1-14-9-19(12-20(25)10-14)16(3)26-24-22-13-21(18-5-7-31(29,30)8-6-18)15(2)11-23(22)27-17(4)28-24/h9-13,16,18H,5-8,25H2,1-4H3,(H,26,27,28)/t16-/m1/s1. The Morgan fingerprint density at radius 1 is 1.03 bits per heavy atom. The first-order chi connectivity index (χ1) is 14.6. The Bertz CT molecular complexity index is 1220. The lowest BCUT2D eigenvalue weighted by atomic mass is 9.89. The molecule has 3 aromatic rings. The zero-order valence-corrected chi connectivity index (χ0v) is 19.4. The van der Waals surface area contributed by atoms with Gasteiger partial charge in [-0.25, -0.2) is 18.4 Å². The van der Waals surface area contributed by atoms with E-state index < -0.39 is 9.84 Å². The van der Waals surface area contributed by atoms with E-state index in [1.807, 2.05) is 26.0 Å². The molecular weight excluding hydrogens is 408 g/mol. The van der Waals surface area contributed by atoms with Gasteiger partial charge in [0.25, 0.3) is 0 Å². The molecule has 0 bridgehead atoms. The predicted molar refractivity (Wildman–Crippen MR) is 127 cm³/mol. The summed E-state index contributed by atoms with van der Waals surface area (Å²) in [4.78, 5) is 9.35. The molecule has 0 aliphatic carbocycles. The van der Waals surface area contributed by atoms with Crippen LogP contribution in [0.2, 0.25) is 0 Å². The Morgan fingerprint density at radius 3 is 2.42 bits per heavy atom. The van der Waals surface area contributed by atoms with E-state index in [2.05, 4.69) is 42.3 Å². The number of nitrogen functional groups attached to an aromatic ring is 1. The van der Waals surface area contributed by atoms with Crippen LogP contribution in [-0.4, -0.2) is 29.9 Å². The molecule has 1 aliphatic rings. The predicted octanol–water partition coefficient (Wildman–Crippen LogP) is 4.60. The van der Waals surface area contributed by atoms with Crippen molar-refractivity contribution in [2.75, 3.05) is 22.6 Å². The van der Waals surface area contributed by atoms with Crippen LogP contribution < -0.4 is 11.1 Å². The zero-order valence-electron chi connectivity index (χ0n) is 18.6. The molecule has 164 valence electrons. The molecule has 1 atom stereocenters. The second kappa shape index (κ2) is 8.11. The maximum Gasteiger partial charge on any atom is 0.150 e. The summed E-state index contributed by atoms with van der Waals surface area (Å²) in [6.45, 7) is 8.12. The molecule has 31 heavy (non-hydrogen) atoms. The molecule has 0 radical (unpaired) electrons. The Kier molecular flexibility index (Phi) is 5.64. The quantitative estimate of drug-likeness (QED) is 0.578. The summed E-state index contributed by atoms with van der Waals surface area (Å²) in [6, 6.07) is 10.3. The van der Waals surface area contributed by atoms with Gasteiger partial charge in [-0.05, 0) is 93.0 Å². The van der Waals surface area contributed by atoms with E-state index in [9.17, 15) is 8.42 Å². The first-order valence-corrected chi connectivity index (χ1v) is 12.6. The summed E-state index contributed by atoms with van der Waals surface area (Å²) in [6.07, 6.45) is 1.34. The molecule has 0 saturated carbocycles. The summed E-state index contributed by atoms with van der Waals surface area (Å²) in [5.41, 5.74) is 12.3. The average molecular weight is 439 g/mol. The molecule has 0 unspecified atom stereocenters. The summed E-state index contributed by atoms with van der Waals surface area (Å²) in [5.74, 6) is 2.27. The third-order valence-electron chi connectivity index (χ3n) is 6.17. The molecule has 7 heteroatoms. The van der Waals surface area contributed by atoms with Crippen LogP contribution in [0.25, 0.3) is 10.9 Å². The lowest BCUT2D eigenvalue weighted by molar-refractivity contribution is 0.549. The number of nitrogens with two attached hydrogens (primary N) is 1. The normalized spacial score (nSPS) is 17.5. The second-order valence-electron chi connectivity index (χ2n) is 8.81. The van der Waals surface area contributed by atoms with Crippen LogP contribution in [0, 0.1) is 20.8 Å². The highest BCUT2D eigenvalue weighted by atomic mass is 32.2. The van der Waals surface area contributed by atoms with E-state index in [1.54, 1.807) is 0 Å². The van der Waals surface area contributed by atoms with Crippen molar-refractivity contribution in [3.63, 3.8) is 0 Å². The van der Waals surface area contributed by atoms with Gasteiger partial charge in [0.15, 0.2) is 0 Å². The third-order valence-corrected chi connectivity index (χ3v) is 7.88. The Morgan fingerprint density at radius 2 is 1.74 bits per heavy atom. The lowest BCUT2D eigenvalue weighted by Crippen LogP contribution is -2.22. The van der Waals surface area contributed by atoms with Gasteiger partial charge >= 0.3 is 0 Å². The molecule has 1 aromatic heterocycles. The summed E-state index contributed by atoms with van der Waals surface area (Å²) < 4.78 is 23.8. The molecule has 0 amide bonds. The molecule has 1 fully saturated rings. The number of aryl methyl sites for hydroxylation is 3. The number of nitrogens with zero attached hydrogens (tertiary/aromatic N) is 2. The van der Waals surface area contributed by atoms with Gasteiger partial charge in [-0.1, -0.05) is 6.07 Å². The van der Waals surface area contributed by atoms with Crippen molar-refractivity contribution >= 4 is 32.2 Å². The number of hydrogen-bond acceptors (Lipinski definition) is 6. The molecule has 4 rings (SSSR count). The Hall–Kier alpha value is -2.67. The maximum absolute atomic E-state index is 11.9. The second-order valence-corrected chi connectivity index (χ2v) is 11.1. The van der Waals surface area contributed by atoms with E-state index in [0.717, 1.165) is 39.1 Å². The van der Waals surface area contributed by atoms with Crippen LogP contribution in [-0.2, 0) is 9.84 Å². The number of aromatic nitrogens is 2. The monoisotopic (exact) mass is 438 g/mol. The van der Waals surface area contributed by atoms with Crippen molar-refractivity contribution in [3.8, 4) is 0 Å². The molecule has 6 nitrogen and oxygen atoms in total. The summed E-state index contributed by atoms with van der Waals surface area (Å²) in [7, 11) is -2.89. The zero-order chi connectivity index (χ0) is 22.3. The summed E-state index contributed by atoms with van der Waals surface area (Å²) >= 11 is 0. The van der Waals surface area contributed by atoms with Crippen molar-refractivity contribution in [1.29, 1.82) is 0 Å². The number of benzene rings is 2. The largest absolute Gasteiger partial charge is 0.399 e. The molecule has 2 aromatic carbocycles. The van der Waals surface area contributed by atoms with Crippen molar-refractivity contribution in [2.24, 2.45) is 0 Å². The number of nitrogens with one attached hydrogen (secondary N) is 1. The van der Waals surface area contributed by atoms with E-state index in [4.69, 9.17) is 10.7 Å². The fourth-order valence-electron chi connectivity index (χ4n) is 4.55. The van der Waals surface area contributed by atoms with Crippen molar-refractivity contribution in [1.82, 2.24) is 9.97 Å². The Labute approximate surface area is 184 Å². The van der Waals surface area contributed by atoms with Gasteiger partial charge in [-0.3, -0.25) is 0 Å². The SMILES string of the molecule is Cc1cc(N)cc([C@@H](C)Nc2nc(C)nc3cc(C)c(C4CCS(=O)(=O)CC4)cc23)c1. The number of sulfone groups is 1. The van der Waals surface area contributed by atoms with Crippen LogP contribution in [0.1, 0.15) is 59.8 Å². The van der Waals surface area contributed by atoms with Crippen LogP contribution in [0.15, 0.2) is 30.3 Å². The van der Waals surface area contributed by atoms with Crippen LogP contribution in [0.3, 0.4) is 0 Å². The molecule has 3 N–H and O–H groups in total. The van der Waals surface area contributed by atoms with Crippen LogP contribution >= 0.6 is 0 Å². The molecule has 0 spiro atoms. The van der Waals surface area contributed by atoms with Crippen molar-refractivity contribution in [3.05, 3.63) is 58.4 Å². The fraction of sp³-hybridized carbons (Fsp3) is 0.417. The van der Waals surface area contributed by atoms with Gasteiger partial charge < -0.3 is 11.1 Å². The molecule has 1 aliphatic heterocycles. The van der Waals surface area contributed by atoms with Crippen LogP contribution in [0.5, 0.6) is 0 Å². The van der Waals surface area contributed by atoms with Gasteiger partial charge in [-0.2, -0.15) is 0 Å². The number of hydrogen-bond donors (Lipinski definition) is 2. The minimum atomic E-state index is -2.89. The molecule has 1 saturated heterocycles. The van der Waals surface area contributed by atoms with Gasteiger partial charge in [0.1, 0.15) is 21.5 Å². The maximum atomic E-state index is 11.9. The summed E-state index contributed by atoms with van der Waals surface area (Å²) in [5, 5.41) is 4.52. The Balaban J connectivity index is 1.72. The van der Waals surface area contributed by atoms with Crippen molar-refractivity contribution < 1.29 is 8.42 Å². The smallest absolute Gasteiger partial charge is 0.150 e. The lowest BCUT2D eigenvalue weighted by Gasteiger charge is -2.25. The molecule has 2 heterocycles. The van der Waals surface area contributed by atoms with E-state index in [0.29, 0.717) is 18.7 Å². The van der Waals surface area contributed by atoms with Crippen LogP contribution in [0.4, 0.5) is 11.5 Å². The first-order valence-electron chi connectivity index (χ1n) is 10.7. The first kappa shape index (κ1) is 21.6.